The van der Waals surface area contributed by atoms with Gasteiger partial charge in [0.2, 0.25) is 0 Å². The molecule has 13 heavy (non-hydrogen) atoms. The summed E-state index contributed by atoms with van der Waals surface area (Å²) in [7, 11) is 1.52. The van der Waals surface area contributed by atoms with Gasteiger partial charge < -0.3 is 9.84 Å². The van der Waals surface area contributed by atoms with Crippen molar-refractivity contribution < 1.29 is 14.6 Å². The lowest BCUT2D eigenvalue weighted by Gasteiger charge is -2.26. The maximum atomic E-state index is 10.8. The van der Waals surface area contributed by atoms with E-state index in [4.69, 9.17) is 9.84 Å². The summed E-state index contributed by atoms with van der Waals surface area (Å²) in [5.41, 5.74) is 0. The molecule has 0 saturated carbocycles. The van der Waals surface area contributed by atoms with E-state index in [1.54, 1.807) is 0 Å². The minimum absolute atomic E-state index is 0.253. The van der Waals surface area contributed by atoms with Crippen LogP contribution in [0.1, 0.15) is 20.3 Å². The Kier molecular flexibility index (Phi) is 6.54. The first-order valence-electron chi connectivity index (χ1n) is 4.63. The van der Waals surface area contributed by atoms with Gasteiger partial charge >= 0.3 is 5.97 Å². The number of ether oxygens (including phenoxy) is 1. The van der Waals surface area contributed by atoms with Crippen molar-refractivity contribution in [3.05, 3.63) is 0 Å². The average Bonchev–Trinajstić information content (AvgIpc) is 2.10. The predicted molar refractivity (Wildman–Crippen MR) is 50.8 cm³/mol. The molecule has 0 aliphatic heterocycles. The minimum atomic E-state index is -0.808. The Balaban J connectivity index is 4.20. The van der Waals surface area contributed by atoms with Gasteiger partial charge in [0, 0.05) is 7.11 Å². The lowest BCUT2D eigenvalue weighted by Crippen LogP contribution is -2.44. The van der Waals surface area contributed by atoms with E-state index >= 15 is 0 Å². The van der Waals surface area contributed by atoms with Gasteiger partial charge in [-0.2, -0.15) is 0 Å². The van der Waals surface area contributed by atoms with Crippen LogP contribution in [0.5, 0.6) is 0 Å². The van der Waals surface area contributed by atoms with Crippen molar-refractivity contribution in [1.82, 2.24) is 4.90 Å². The molecule has 0 fully saturated rings. The highest BCUT2D eigenvalue weighted by atomic mass is 16.5. The standard InChI is InChI=1S/C9H19NO3/c1-4-6-10(5-2)8(7-13-3)9(11)12/h8H,4-7H2,1-3H3,(H,11,12)/t8-/m1/s1. The second kappa shape index (κ2) is 6.86. The zero-order valence-corrected chi connectivity index (χ0v) is 8.62. The largest absolute Gasteiger partial charge is 0.480 e. The third-order valence-electron chi connectivity index (χ3n) is 1.97. The van der Waals surface area contributed by atoms with Crippen molar-refractivity contribution >= 4 is 5.97 Å². The molecule has 0 bridgehead atoms. The first kappa shape index (κ1) is 12.4. The number of carboxylic acids is 1. The lowest BCUT2D eigenvalue weighted by molar-refractivity contribution is -0.145. The van der Waals surface area contributed by atoms with E-state index in [9.17, 15) is 4.79 Å². The van der Waals surface area contributed by atoms with Crippen LogP contribution in [-0.4, -0.2) is 48.8 Å². The monoisotopic (exact) mass is 189 g/mol. The van der Waals surface area contributed by atoms with E-state index < -0.39 is 12.0 Å². The van der Waals surface area contributed by atoms with Crippen LogP contribution in [0.15, 0.2) is 0 Å². The minimum Gasteiger partial charge on any atom is -0.480 e. The van der Waals surface area contributed by atoms with Crippen LogP contribution in [0.3, 0.4) is 0 Å². The van der Waals surface area contributed by atoms with Gasteiger partial charge in [0.1, 0.15) is 6.04 Å². The summed E-state index contributed by atoms with van der Waals surface area (Å²) in [6, 6.07) is -0.505. The third-order valence-corrected chi connectivity index (χ3v) is 1.97. The molecule has 0 spiro atoms. The van der Waals surface area contributed by atoms with Crippen LogP contribution >= 0.6 is 0 Å². The molecule has 0 saturated heterocycles. The van der Waals surface area contributed by atoms with Crippen molar-refractivity contribution in [2.75, 3.05) is 26.8 Å². The highest BCUT2D eigenvalue weighted by Gasteiger charge is 2.23. The van der Waals surface area contributed by atoms with E-state index in [1.165, 1.54) is 7.11 Å². The topological polar surface area (TPSA) is 49.8 Å². The quantitative estimate of drug-likeness (QED) is 0.644. The second-order valence-corrected chi connectivity index (χ2v) is 2.94. The van der Waals surface area contributed by atoms with Crippen molar-refractivity contribution in [2.24, 2.45) is 0 Å². The molecule has 0 aliphatic carbocycles. The summed E-state index contributed by atoms with van der Waals surface area (Å²) in [5.74, 6) is -0.808. The van der Waals surface area contributed by atoms with Gasteiger partial charge in [-0.15, -0.1) is 0 Å². The number of carboxylic acid groups (broad SMARTS) is 1. The average molecular weight is 189 g/mol. The fourth-order valence-corrected chi connectivity index (χ4v) is 1.31. The van der Waals surface area contributed by atoms with E-state index in [2.05, 4.69) is 0 Å². The number of nitrogens with zero attached hydrogens (tertiary/aromatic N) is 1. The van der Waals surface area contributed by atoms with E-state index in [0.29, 0.717) is 0 Å². The summed E-state index contributed by atoms with van der Waals surface area (Å²) < 4.78 is 4.87. The third kappa shape index (κ3) is 4.24. The number of likely N-dealkylation sites (N-methyl/N-ethyl adjacent to an activating group) is 1. The molecule has 0 aromatic rings. The second-order valence-electron chi connectivity index (χ2n) is 2.94. The molecule has 0 aromatic carbocycles. The van der Waals surface area contributed by atoms with Gasteiger partial charge in [-0.3, -0.25) is 9.69 Å². The van der Waals surface area contributed by atoms with Crippen LogP contribution in [0.2, 0.25) is 0 Å². The summed E-state index contributed by atoms with van der Waals surface area (Å²) >= 11 is 0. The van der Waals surface area contributed by atoms with Gasteiger partial charge in [-0.05, 0) is 19.5 Å². The zero-order chi connectivity index (χ0) is 10.3. The number of carbonyl (C=O) groups is 1. The van der Waals surface area contributed by atoms with Crippen LogP contribution in [-0.2, 0) is 9.53 Å². The molecule has 1 atom stereocenters. The fraction of sp³-hybridized carbons (Fsp3) is 0.889. The van der Waals surface area contributed by atoms with Crippen molar-refractivity contribution in [1.29, 1.82) is 0 Å². The molecule has 0 rings (SSSR count). The van der Waals surface area contributed by atoms with Crippen LogP contribution in [0.4, 0.5) is 0 Å². The molecule has 0 aliphatic rings. The fourth-order valence-electron chi connectivity index (χ4n) is 1.31. The maximum Gasteiger partial charge on any atom is 0.323 e. The Morgan fingerprint density at radius 1 is 1.54 bits per heavy atom. The molecule has 0 radical (unpaired) electrons. The van der Waals surface area contributed by atoms with Gasteiger partial charge in [0.25, 0.3) is 0 Å². The number of methoxy groups -OCH3 is 1. The first-order valence-corrected chi connectivity index (χ1v) is 4.63. The maximum absolute atomic E-state index is 10.8. The highest BCUT2D eigenvalue weighted by Crippen LogP contribution is 2.01. The molecule has 1 N–H and O–H groups in total. The van der Waals surface area contributed by atoms with Gasteiger partial charge in [-0.1, -0.05) is 13.8 Å². The van der Waals surface area contributed by atoms with Crippen LogP contribution < -0.4 is 0 Å². The van der Waals surface area contributed by atoms with Crippen LogP contribution in [0.25, 0.3) is 0 Å². The van der Waals surface area contributed by atoms with E-state index in [1.807, 2.05) is 18.7 Å². The van der Waals surface area contributed by atoms with Gasteiger partial charge in [0.05, 0.1) is 6.61 Å². The normalized spacial score (nSPS) is 13.2. The highest BCUT2D eigenvalue weighted by molar-refractivity contribution is 5.73. The summed E-state index contributed by atoms with van der Waals surface area (Å²) in [5, 5.41) is 8.91. The predicted octanol–water partition coefficient (Wildman–Crippen LogP) is 0.818. The number of rotatable bonds is 7. The summed E-state index contributed by atoms with van der Waals surface area (Å²) in [4.78, 5) is 12.8. The molecule has 0 amide bonds. The molecular weight excluding hydrogens is 170 g/mol. The Morgan fingerprint density at radius 3 is 2.46 bits per heavy atom. The summed E-state index contributed by atoms with van der Waals surface area (Å²) in [6.45, 7) is 5.80. The van der Waals surface area contributed by atoms with Gasteiger partial charge in [-0.25, -0.2) is 0 Å². The molecule has 0 unspecified atom stereocenters. The summed E-state index contributed by atoms with van der Waals surface area (Å²) in [6.07, 6.45) is 0.960. The molecule has 0 heterocycles. The molecule has 78 valence electrons. The molecule has 4 nitrogen and oxygen atoms in total. The Hall–Kier alpha value is -0.610. The van der Waals surface area contributed by atoms with Crippen molar-refractivity contribution in [3.8, 4) is 0 Å². The van der Waals surface area contributed by atoms with Gasteiger partial charge in [0.15, 0.2) is 0 Å². The number of hydrogen-bond acceptors (Lipinski definition) is 3. The van der Waals surface area contributed by atoms with E-state index in [0.717, 1.165) is 19.5 Å². The number of aliphatic carboxylic acids is 1. The Morgan fingerprint density at radius 2 is 2.15 bits per heavy atom. The van der Waals surface area contributed by atoms with Crippen LogP contribution in [0, 0.1) is 0 Å². The SMILES string of the molecule is CCCN(CC)[C@H](COC)C(=O)O. The molecule has 0 aromatic heterocycles. The zero-order valence-electron chi connectivity index (χ0n) is 8.62. The molecular formula is C9H19NO3. The Labute approximate surface area is 79.5 Å². The molecule has 4 heteroatoms. The van der Waals surface area contributed by atoms with E-state index in [-0.39, 0.29) is 6.61 Å². The lowest BCUT2D eigenvalue weighted by atomic mass is 10.2. The van der Waals surface area contributed by atoms with Crippen molar-refractivity contribution in [3.63, 3.8) is 0 Å². The van der Waals surface area contributed by atoms with Crippen molar-refractivity contribution in [2.45, 2.75) is 26.3 Å². The number of hydrogen-bond donors (Lipinski definition) is 1. The smallest absolute Gasteiger partial charge is 0.323 e. The first-order chi connectivity index (χ1) is 6.17. The Bertz CT molecular complexity index is 150.